The van der Waals surface area contributed by atoms with E-state index in [2.05, 4.69) is 5.32 Å². The molecule has 0 saturated carbocycles. The van der Waals surface area contributed by atoms with E-state index in [0.717, 1.165) is 0 Å². The first kappa shape index (κ1) is 22.3. The summed E-state index contributed by atoms with van der Waals surface area (Å²) in [5.41, 5.74) is 0.261. The molecule has 0 radical (unpaired) electrons. The minimum atomic E-state index is -3.68. The van der Waals surface area contributed by atoms with Crippen molar-refractivity contribution in [3.63, 3.8) is 0 Å². The Morgan fingerprint density at radius 2 is 1.68 bits per heavy atom. The van der Waals surface area contributed by atoms with Crippen LogP contribution in [0.15, 0.2) is 29.2 Å². The number of amides is 1. The van der Waals surface area contributed by atoms with Crippen LogP contribution >= 0.6 is 0 Å². The predicted molar refractivity (Wildman–Crippen MR) is 103 cm³/mol. The maximum absolute atomic E-state index is 12.9. The monoisotopic (exact) mass is 412 g/mol. The van der Waals surface area contributed by atoms with Crippen LogP contribution in [0.5, 0.6) is 0 Å². The number of hydrogen-bond donors (Lipinski definition) is 1. The van der Waals surface area contributed by atoms with Crippen LogP contribution in [0.1, 0.15) is 38.1 Å². The fraction of sp³-hybridized carbons (Fsp3) is 0.579. The van der Waals surface area contributed by atoms with Gasteiger partial charge >= 0.3 is 5.97 Å². The maximum atomic E-state index is 12.9. The summed E-state index contributed by atoms with van der Waals surface area (Å²) >= 11 is 0. The van der Waals surface area contributed by atoms with Crippen molar-refractivity contribution >= 4 is 21.9 Å². The third-order valence-corrected chi connectivity index (χ3v) is 6.39. The fourth-order valence-electron chi connectivity index (χ4n) is 3.10. The topological polar surface area (TPSA) is 102 Å². The van der Waals surface area contributed by atoms with Gasteiger partial charge in [0.15, 0.2) is 0 Å². The SMILES string of the molecule is COC(=O)C(NC(=O)c1ccc(S(=O)(=O)N2CC(C)OC(C)C2)cc1)C(C)C. The minimum Gasteiger partial charge on any atom is -0.467 e. The van der Waals surface area contributed by atoms with Crippen molar-refractivity contribution in [2.75, 3.05) is 20.2 Å². The van der Waals surface area contributed by atoms with Gasteiger partial charge in [0, 0.05) is 18.7 Å². The smallest absolute Gasteiger partial charge is 0.328 e. The van der Waals surface area contributed by atoms with Gasteiger partial charge in [0.25, 0.3) is 5.91 Å². The molecular formula is C19H28N2O6S. The molecule has 9 heteroatoms. The van der Waals surface area contributed by atoms with Gasteiger partial charge in [0.05, 0.1) is 24.2 Å². The Balaban J connectivity index is 2.16. The number of hydrogen-bond acceptors (Lipinski definition) is 6. The van der Waals surface area contributed by atoms with E-state index in [9.17, 15) is 18.0 Å². The van der Waals surface area contributed by atoms with Gasteiger partial charge in [-0.2, -0.15) is 4.31 Å². The predicted octanol–water partition coefficient (Wildman–Crippen LogP) is 1.41. The van der Waals surface area contributed by atoms with Gasteiger partial charge in [-0.25, -0.2) is 13.2 Å². The normalized spacial score (nSPS) is 21.9. The molecule has 0 aromatic heterocycles. The lowest BCUT2D eigenvalue weighted by atomic mass is 10.0. The second-order valence-corrected chi connectivity index (χ2v) is 9.26. The summed E-state index contributed by atoms with van der Waals surface area (Å²) in [6.07, 6.45) is -0.371. The summed E-state index contributed by atoms with van der Waals surface area (Å²) in [7, 11) is -2.42. The summed E-state index contributed by atoms with van der Waals surface area (Å²) in [6.45, 7) is 7.81. The van der Waals surface area contributed by atoms with E-state index in [4.69, 9.17) is 9.47 Å². The van der Waals surface area contributed by atoms with Crippen LogP contribution in [-0.4, -0.2) is 63.0 Å². The van der Waals surface area contributed by atoms with E-state index >= 15 is 0 Å². The standard InChI is InChI=1S/C19H28N2O6S/c1-12(2)17(19(23)26-5)20-18(22)15-6-8-16(9-7-15)28(24,25)21-10-13(3)27-14(4)11-21/h6-9,12-14,17H,10-11H2,1-5H3,(H,20,22). The molecule has 2 rings (SSSR count). The second-order valence-electron chi connectivity index (χ2n) is 7.32. The average molecular weight is 413 g/mol. The molecule has 0 aliphatic carbocycles. The van der Waals surface area contributed by atoms with E-state index in [0.29, 0.717) is 0 Å². The Labute approximate surface area is 166 Å². The van der Waals surface area contributed by atoms with Gasteiger partial charge in [-0.3, -0.25) is 4.79 Å². The first-order valence-corrected chi connectivity index (χ1v) is 10.6. The molecule has 1 aromatic carbocycles. The highest BCUT2D eigenvalue weighted by Crippen LogP contribution is 2.21. The number of rotatable bonds is 6. The quantitative estimate of drug-likeness (QED) is 0.709. The van der Waals surface area contributed by atoms with Crippen LogP contribution in [0.4, 0.5) is 0 Å². The molecule has 3 atom stereocenters. The molecule has 1 fully saturated rings. The van der Waals surface area contributed by atoms with Gasteiger partial charge in [0.1, 0.15) is 6.04 Å². The number of ether oxygens (including phenoxy) is 2. The number of nitrogens with zero attached hydrogens (tertiary/aromatic N) is 1. The Kier molecular flexibility index (Phi) is 7.19. The molecule has 156 valence electrons. The number of methoxy groups -OCH3 is 1. The summed E-state index contributed by atoms with van der Waals surface area (Å²) in [4.78, 5) is 24.3. The highest BCUT2D eigenvalue weighted by Gasteiger charge is 2.32. The lowest BCUT2D eigenvalue weighted by molar-refractivity contribution is -0.144. The van der Waals surface area contributed by atoms with Crippen molar-refractivity contribution in [3.8, 4) is 0 Å². The number of sulfonamides is 1. The van der Waals surface area contributed by atoms with Crippen LogP contribution in [0.25, 0.3) is 0 Å². The average Bonchev–Trinajstić information content (AvgIpc) is 2.64. The summed E-state index contributed by atoms with van der Waals surface area (Å²) in [6, 6.07) is 4.89. The van der Waals surface area contributed by atoms with Crippen molar-refractivity contribution in [1.82, 2.24) is 9.62 Å². The van der Waals surface area contributed by atoms with Crippen LogP contribution in [0.2, 0.25) is 0 Å². The first-order valence-electron chi connectivity index (χ1n) is 9.20. The Morgan fingerprint density at radius 3 is 2.14 bits per heavy atom. The lowest BCUT2D eigenvalue weighted by Crippen LogP contribution is -2.48. The van der Waals surface area contributed by atoms with E-state index in [1.54, 1.807) is 13.8 Å². The zero-order chi connectivity index (χ0) is 21.1. The lowest BCUT2D eigenvalue weighted by Gasteiger charge is -2.34. The molecule has 1 aliphatic heterocycles. The zero-order valence-corrected chi connectivity index (χ0v) is 17.7. The Hall–Kier alpha value is -1.97. The molecule has 1 aromatic rings. The van der Waals surface area contributed by atoms with E-state index in [-0.39, 0.29) is 41.7 Å². The third-order valence-electron chi connectivity index (χ3n) is 4.55. The van der Waals surface area contributed by atoms with Gasteiger partial charge in [-0.15, -0.1) is 0 Å². The van der Waals surface area contributed by atoms with E-state index in [1.165, 1.54) is 35.7 Å². The largest absolute Gasteiger partial charge is 0.467 e. The molecule has 1 aliphatic rings. The van der Waals surface area contributed by atoms with Crippen molar-refractivity contribution in [2.24, 2.45) is 5.92 Å². The maximum Gasteiger partial charge on any atom is 0.328 e. The molecule has 28 heavy (non-hydrogen) atoms. The van der Waals surface area contributed by atoms with Crippen LogP contribution in [0.3, 0.4) is 0 Å². The molecule has 3 unspecified atom stereocenters. The van der Waals surface area contributed by atoms with Crippen molar-refractivity contribution < 1.29 is 27.5 Å². The summed E-state index contributed by atoms with van der Waals surface area (Å²) < 4.78 is 37.4. The van der Waals surface area contributed by atoms with Crippen LogP contribution < -0.4 is 5.32 Å². The number of benzene rings is 1. The number of carbonyl (C=O) groups excluding carboxylic acids is 2. The highest BCUT2D eigenvalue weighted by molar-refractivity contribution is 7.89. The summed E-state index contributed by atoms with van der Waals surface area (Å²) in [5, 5.41) is 2.63. The molecule has 1 N–H and O–H groups in total. The van der Waals surface area contributed by atoms with Crippen molar-refractivity contribution in [3.05, 3.63) is 29.8 Å². The molecule has 1 saturated heterocycles. The number of nitrogens with one attached hydrogen (secondary N) is 1. The summed E-state index contributed by atoms with van der Waals surface area (Å²) in [5.74, 6) is -1.15. The second kappa shape index (κ2) is 9.02. The van der Waals surface area contributed by atoms with E-state index in [1.807, 2.05) is 13.8 Å². The Morgan fingerprint density at radius 1 is 1.14 bits per heavy atom. The molecule has 1 amide bonds. The third kappa shape index (κ3) is 5.09. The van der Waals surface area contributed by atoms with Crippen LogP contribution in [-0.2, 0) is 24.3 Å². The van der Waals surface area contributed by atoms with Crippen molar-refractivity contribution in [1.29, 1.82) is 0 Å². The van der Waals surface area contributed by atoms with Crippen molar-refractivity contribution in [2.45, 2.75) is 50.8 Å². The molecule has 1 heterocycles. The number of morpholine rings is 1. The Bertz CT molecular complexity index is 796. The van der Waals surface area contributed by atoms with Gasteiger partial charge in [-0.05, 0) is 44.0 Å². The minimum absolute atomic E-state index is 0.110. The highest BCUT2D eigenvalue weighted by atomic mass is 32.2. The first-order chi connectivity index (χ1) is 13.1. The molecule has 8 nitrogen and oxygen atoms in total. The van der Waals surface area contributed by atoms with Gasteiger partial charge in [0.2, 0.25) is 10.0 Å². The molecule has 0 bridgehead atoms. The van der Waals surface area contributed by atoms with Crippen LogP contribution in [0, 0.1) is 5.92 Å². The molecule has 0 spiro atoms. The molecular weight excluding hydrogens is 384 g/mol. The number of carbonyl (C=O) groups is 2. The zero-order valence-electron chi connectivity index (χ0n) is 16.8. The van der Waals surface area contributed by atoms with Gasteiger partial charge in [-0.1, -0.05) is 13.8 Å². The van der Waals surface area contributed by atoms with Gasteiger partial charge < -0.3 is 14.8 Å². The fourth-order valence-corrected chi connectivity index (χ4v) is 4.69. The number of esters is 1. The van der Waals surface area contributed by atoms with E-state index < -0.39 is 27.9 Å².